The average molecular weight is 409 g/mol. The van der Waals surface area contributed by atoms with Crippen molar-refractivity contribution in [3.8, 4) is 0 Å². The van der Waals surface area contributed by atoms with E-state index in [1.54, 1.807) is 0 Å². The highest BCUT2D eigenvalue weighted by Gasteiger charge is 2.22. The zero-order valence-corrected chi connectivity index (χ0v) is 16.2. The monoisotopic (exact) mass is 409 g/mol. The van der Waals surface area contributed by atoms with Crippen molar-refractivity contribution in [3.05, 3.63) is 46.7 Å². The highest BCUT2D eigenvalue weighted by Crippen LogP contribution is 2.13. The summed E-state index contributed by atoms with van der Waals surface area (Å²) in [6.45, 7) is 5.18. The Kier molecular flexibility index (Phi) is 8.22. The normalized spacial score (nSPS) is 16.3. The Hall–Kier alpha value is -2.85. The second kappa shape index (κ2) is 10.6. The summed E-state index contributed by atoms with van der Waals surface area (Å²) in [6, 6.07) is 3.01. The predicted octanol–water partition coefficient (Wildman–Crippen LogP) is 0.186. The third kappa shape index (κ3) is 6.33. The van der Waals surface area contributed by atoms with Gasteiger partial charge in [0.05, 0.1) is 12.1 Å². The van der Waals surface area contributed by atoms with Crippen LogP contribution in [-0.4, -0.2) is 68.4 Å². The molecule has 29 heavy (non-hydrogen) atoms. The largest absolute Gasteiger partial charge is 0.454 e. The van der Waals surface area contributed by atoms with Gasteiger partial charge >= 0.3 is 5.97 Å². The van der Waals surface area contributed by atoms with Gasteiger partial charge in [0, 0.05) is 38.4 Å². The van der Waals surface area contributed by atoms with Crippen LogP contribution in [0, 0.1) is 11.6 Å². The first-order valence-corrected chi connectivity index (χ1v) is 9.15. The zero-order valence-electron chi connectivity index (χ0n) is 16.2. The topological polar surface area (TPSA) is 123 Å². The number of Topliss-reactive ketones (excluding diaryl/α,β-unsaturated/α-hetero) is 1. The van der Waals surface area contributed by atoms with Gasteiger partial charge in [-0.25, -0.2) is 13.6 Å². The number of ketones is 1. The van der Waals surface area contributed by atoms with E-state index in [1.807, 2.05) is 0 Å². The average Bonchev–Trinajstić information content (AvgIpc) is 2.67. The molecule has 0 atom stereocenters. The highest BCUT2D eigenvalue weighted by atomic mass is 19.1. The Morgan fingerprint density at radius 2 is 1.83 bits per heavy atom. The molecule has 0 aliphatic carbocycles. The second-order valence-corrected chi connectivity index (χ2v) is 6.51. The predicted molar refractivity (Wildman–Crippen MR) is 104 cm³/mol. The van der Waals surface area contributed by atoms with Crippen LogP contribution in [0.1, 0.15) is 17.3 Å². The maximum Gasteiger partial charge on any atom is 0.344 e. The molecule has 158 valence electrons. The quantitative estimate of drug-likeness (QED) is 0.184. The molecule has 1 heterocycles. The molecular formula is C19H25F2N5O3. The first-order valence-electron chi connectivity index (χ1n) is 9.15. The number of allylic oxidation sites excluding steroid dienone is 1. The summed E-state index contributed by atoms with van der Waals surface area (Å²) in [6.07, 6.45) is 0. The Morgan fingerprint density at radius 3 is 2.41 bits per heavy atom. The van der Waals surface area contributed by atoms with Gasteiger partial charge in [0.25, 0.3) is 0 Å². The molecule has 5 N–H and O–H groups in total. The number of ether oxygens (including phenoxy) is 1. The zero-order chi connectivity index (χ0) is 21.4. The van der Waals surface area contributed by atoms with E-state index < -0.39 is 35.6 Å². The summed E-state index contributed by atoms with van der Waals surface area (Å²) >= 11 is 0. The van der Waals surface area contributed by atoms with Crippen molar-refractivity contribution in [2.75, 3.05) is 45.9 Å². The van der Waals surface area contributed by atoms with Crippen LogP contribution in [0.4, 0.5) is 8.78 Å². The Balaban J connectivity index is 1.97. The maximum absolute atomic E-state index is 13.7. The van der Waals surface area contributed by atoms with Crippen LogP contribution in [0.15, 0.2) is 34.5 Å². The van der Waals surface area contributed by atoms with E-state index in [0.717, 1.165) is 44.4 Å². The van der Waals surface area contributed by atoms with Crippen molar-refractivity contribution < 1.29 is 23.1 Å². The summed E-state index contributed by atoms with van der Waals surface area (Å²) in [5.41, 5.74) is 10.7. The van der Waals surface area contributed by atoms with Crippen molar-refractivity contribution in [3.63, 3.8) is 0 Å². The number of piperazine rings is 1. The number of carbonyl (C=O) groups is 2. The minimum atomic E-state index is -1.04. The van der Waals surface area contributed by atoms with Gasteiger partial charge in [-0.1, -0.05) is 6.07 Å². The first kappa shape index (κ1) is 22.4. The molecule has 10 heteroatoms. The Morgan fingerprint density at radius 1 is 1.21 bits per heavy atom. The lowest BCUT2D eigenvalue weighted by Crippen LogP contribution is -2.44. The molecule has 1 aromatic carbocycles. The number of benzene rings is 1. The van der Waals surface area contributed by atoms with E-state index >= 15 is 0 Å². The van der Waals surface area contributed by atoms with Crippen LogP contribution in [-0.2, 0) is 9.53 Å². The van der Waals surface area contributed by atoms with Gasteiger partial charge in [-0.3, -0.25) is 14.7 Å². The molecule has 8 nitrogen and oxygen atoms in total. The van der Waals surface area contributed by atoms with Crippen LogP contribution in [0.5, 0.6) is 0 Å². The Labute approximate surface area is 167 Å². The van der Waals surface area contributed by atoms with Gasteiger partial charge < -0.3 is 21.5 Å². The number of nitrogens with two attached hydrogens (primary N) is 2. The van der Waals surface area contributed by atoms with Gasteiger partial charge in [-0.15, -0.1) is 0 Å². The summed E-state index contributed by atoms with van der Waals surface area (Å²) in [5.74, 6) is -4.19. The van der Waals surface area contributed by atoms with Gasteiger partial charge in [0.15, 0.2) is 6.61 Å². The van der Waals surface area contributed by atoms with E-state index in [2.05, 4.69) is 15.2 Å². The molecule has 0 aromatic heterocycles. The second-order valence-electron chi connectivity index (χ2n) is 6.51. The van der Waals surface area contributed by atoms with Gasteiger partial charge in [-0.05, 0) is 19.1 Å². The molecule has 0 amide bonds. The van der Waals surface area contributed by atoms with Crippen molar-refractivity contribution >= 4 is 17.6 Å². The van der Waals surface area contributed by atoms with Crippen LogP contribution in [0.2, 0.25) is 0 Å². The lowest BCUT2D eigenvalue weighted by molar-refractivity contribution is -0.137. The molecule has 0 spiro atoms. The molecule has 0 saturated carbocycles. The molecule has 0 bridgehead atoms. The van der Waals surface area contributed by atoms with E-state index in [4.69, 9.17) is 16.2 Å². The molecule has 1 aliphatic rings. The number of aliphatic imine (C=N–C) groups is 1. The summed E-state index contributed by atoms with van der Waals surface area (Å²) < 4.78 is 32.2. The summed E-state index contributed by atoms with van der Waals surface area (Å²) in [4.78, 5) is 30.7. The van der Waals surface area contributed by atoms with Crippen molar-refractivity contribution in [2.24, 2.45) is 16.5 Å². The number of halogens is 2. The number of amidine groups is 1. The molecule has 1 aromatic rings. The third-order valence-electron chi connectivity index (χ3n) is 4.34. The van der Waals surface area contributed by atoms with Crippen LogP contribution >= 0.6 is 0 Å². The van der Waals surface area contributed by atoms with E-state index in [9.17, 15) is 18.4 Å². The van der Waals surface area contributed by atoms with Crippen LogP contribution in [0.25, 0.3) is 0 Å². The smallest absolute Gasteiger partial charge is 0.344 e. The first-order chi connectivity index (χ1) is 13.8. The van der Waals surface area contributed by atoms with Gasteiger partial charge in [0.2, 0.25) is 5.78 Å². The fourth-order valence-corrected chi connectivity index (χ4v) is 2.83. The molecular weight excluding hydrogens is 384 g/mol. The standard InChI is InChI=1S/C19H25F2N5O3/c1-12(22)16(18(23)25-7-10-26-8-5-24-6-9-26)19(28)29-11-15(27)17-13(20)3-2-4-14(17)21/h2-4,24H,5-11,22H2,1H3,(H2,23,25). The van der Waals surface area contributed by atoms with Gasteiger partial charge in [0.1, 0.15) is 23.0 Å². The lowest BCUT2D eigenvalue weighted by Gasteiger charge is -2.26. The number of esters is 1. The van der Waals surface area contributed by atoms with Gasteiger partial charge in [-0.2, -0.15) is 0 Å². The molecule has 0 radical (unpaired) electrons. The fraction of sp³-hybridized carbons (Fsp3) is 0.421. The molecule has 1 fully saturated rings. The van der Waals surface area contributed by atoms with E-state index in [-0.39, 0.29) is 17.1 Å². The van der Waals surface area contributed by atoms with Crippen LogP contribution < -0.4 is 16.8 Å². The minimum Gasteiger partial charge on any atom is -0.454 e. The third-order valence-corrected chi connectivity index (χ3v) is 4.34. The van der Waals surface area contributed by atoms with Crippen molar-refractivity contribution in [1.29, 1.82) is 0 Å². The van der Waals surface area contributed by atoms with E-state index in [1.165, 1.54) is 6.92 Å². The lowest BCUT2D eigenvalue weighted by atomic mass is 10.1. The number of nitrogens with one attached hydrogen (secondary N) is 1. The van der Waals surface area contributed by atoms with Crippen molar-refractivity contribution in [2.45, 2.75) is 6.92 Å². The summed E-state index contributed by atoms with van der Waals surface area (Å²) in [7, 11) is 0. The highest BCUT2D eigenvalue weighted by molar-refractivity contribution is 6.19. The molecule has 0 unspecified atom stereocenters. The SMILES string of the molecule is CC(N)=C(C(=O)OCC(=O)c1c(F)cccc1F)C(N)=NCCN1CCNCC1. The maximum atomic E-state index is 13.7. The molecule has 1 aliphatic heterocycles. The fourth-order valence-electron chi connectivity index (χ4n) is 2.83. The van der Waals surface area contributed by atoms with Crippen LogP contribution in [0.3, 0.4) is 0 Å². The number of nitrogens with zero attached hydrogens (tertiary/aromatic N) is 2. The van der Waals surface area contributed by atoms with Crippen molar-refractivity contribution in [1.82, 2.24) is 10.2 Å². The number of rotatable bonds is 8. The number of carbonyl (C=O) groups excluding carboxylic acids is 2. The number of hydrogen-bond acceptors (Lipinski definition) is 7. The van der Waals surface area contributed by atoms with E-state index in [0.29, 0.717) is 13.1 Å². The minimum absolute atomic E-state index is 0.0583. The molecule has 1 saturated heterocycles. The molecule has 2 rings (SSSR count). The Bertz CT molecular complexity index is 796. The number of hydrogen-bond donors (Lipinski definition) is 3. The summed E-state index contributed by atoms with van der Waals surface area (Å²) in [5, 5.41) is 3.24.